The van der Waals surface area contributed by atoms with E-state index < -0.39 is 20.9 Å². The van der Waals surface area contributed by atoms with Crippen LogP contribution in [-0.4, -0.2) is 19.2 Å². The minimum absolute atomic E-state index is 0.00140. The van der Waals surface area contributed by atoms with Gasteiger partial charge in [0.25, 0.3) is 21.6 Å². The Hall–Kier alpha value is -4.21. The van der Waals surface area contributed by atoms with Crippen LogP contribution in [0, 0.1) is 10.1 Å². The fourth-order valence-corrected chi connectivity index (χ4v) is 4.57. The first-order chi connectivity index (χ1) is 16.7. The van der Waals surface area contributed by atoms with E-state index in [0.717, 1.165) is 17.2 Å². The third-order valence-electron chi connectivity index (χ3n) is 5.07. The average molecular weight is 508 g/mol. The number of nitro benzene ring substituents is 1. The molecule has 4 rings (SSSR count). The number of hydrogen-bond acceptors (Lipinski definition) is 5. The molecule has 0 atom stereocenters. The molecule has 0 saturated heterocycles. The zero-order valence-corrected chi connectivity index (χ0v) is 19.6. The second-order valence-electron chi connectivity index (χ2n) is 7.45. The van der Waals surface area contributed by atoms with Crippen molar-refractivity contribution in [2.75, 3.05) is 10.0 Å². The monoisotopic (exact) mass is 507 g/mol. The molecule has 35 heavy (non-hydrogen) atoms. The van der Waals surface area contributed by atoms with Gasteiger partial charge in [-0.25, -0.2) is 8.42 Å². The highest BCUT2D eigenvalue weighted by atomic mass is 35.5. The van der Waals surface area contributed by atoms with Gasteiger partial charge >= 0.3 is 0 Å². The predicted octanol–water partition coefficient (Wildman–Crippen LogP) is 5.97. The van der Waals surface area contributed by atoms with Crippen LogP contribution >= 0.6 is 11.6 Å². The van der Waals surface area contributed by atoms with Gasteiger partial charge < -0.3 is 5.32 Å². The number of sulfonamides is 1. The Morgan fingerprint density at radius 3 is 1.94 bits per heavy atom. The summed E-state index contributed by atoms with van der Waals surface area (Å²) >= 11 is 6.03. The molecule has 176 valence electrons. The van der Waals surface area contributed by atoms with Gasteiger partial charge in [-0.05, 0) is 53.6 Å². The van der Waals surface area contributed by atoms with E-state index in [4.69, 9.17) is 11.6 Å². The maximum absolute atomic E-state index is 12.5. The molecule has 2 N–H and O–H groups in total. The van der Waals surface area contributed by atoms with E-state index >= 15 is 0 Å². The molecular weight excluding hydrogens is 490 g/mol. The first kappa shape index (κ1) is 23.9. The van der Waals surface area contributed by atoms with Crippen molar-refractivity contribution in [2.45, 2.75) is 4.90 Å². The normalized spacial score (nSPS) is 11.0. The Balaban J connectivity index is 1.45. The quantitative estimate of drug-likeness (QED) is 0.236. The molecule has 4 aromatic rings. The molecular formula is C25H18ClN3O5S. The maximum atomic E-state index is 12.5. The summed E-state index contributed by atoms with van der Waals surface area (Å²) in [5, 5.41) is 13.7. The van der Waals surface area contributed by atoms with Crippen LogP contribution in [0.5, 0.6) is 0 Å². The van der Waals surface area contributed by atoms with Crippen LogP contribution in [-0.2, 0) is 10.0 Å². The van der Waals surface area contributed by atoms with Crippen LogP contribution in [0.1, 0.15) is 10.4 Å². The smallest absolute Gasteiger partial charge is 0.270 e. The summed E-state index contributed by atoms with van der Waals surface area (Å²) in [7, 11) is -3.68. The Bertz CT molecular complexity index is 1490. The number of nitrogens with zero attached hydrogens (tertiary/aromatic N) is 1. The first-order valence-corrected chi connectivity index (χ1v) is 12.1. The van der Waals surface area contributed by atoms with Gasteiger partial charge in [0.1, 0.15) is 0 Å². The number of carbonyl (C=O) groups excluding carboxylic acids is 1. The van der Waals surface area contributed by atoms with Gasteiger partial charge in [0.15, 0.2) is 0 Å². The molecule has 4 aromatic carbocycles. The molecule has 0 bridgehead atoms. The van der Waals surface area contributed by atoms with Gasteiger partial charge in [-0.15, -0.1) is 0 Å². The number of benzene rings is 4. The van der Waals surface area contributed by atoms with Gasteiger partial charge in [0, 0.05) is 23.5 Å². The standard InChI is InChI=1S/C25H18ClN3O5S/c26-24-15-14-21(29(31)32)16-23(24)25(30)27-19-10-6-17(7-11-19)18-8-12-20(13-9-18)28-35(33,34)22-4-2-1-3-5-22/h1-16,28H,(H,27,30). The highest BCUT2D eigenvalue weighted by molar-refractivity contribution is 7.92. The summed E-state index contributed by atoms with van der Waals surface area (Å²) < 4.78 is 27.5. The largest absolute Gasteiger partial charge is 0.322 e. The number of rotatable bonds is 7. The molecule has 0 aliphatic rings. The lowest BCUT2D eigenvalue weighted by Crippen LogP contribution is -2.12. The lowest BCUT2D eigenvalue weighted by atomic mass is 10.0. The molecule has 1 amide bonds. The average Bonchev–Trinajstić information content (AvgIpc) is 2.85. The van der Waals surface area contributed by atoms with E-state index in [0.29, 0.717) is 11.4 Å². The van der Waals surface area contributed by atoms with Crippen LogP contribution < -0.4 is 10.0 Å². The van der Waals surface area contributed by atoms with Crippen LogP contribution in [0.3, 0.4) is 0 Å². The van der Waals surface area contributed by atoms with Crippen molar-refractivity contribution in [3.05, 3.63) is 118 Å². The topological polar surface area (TPSA) is 118 Å². The number of non-ortho nitro benzene ring substituents is 1. The Kier molecular flexibility index (Phi) is 6.81. The van der Waals surface area contributed by atoms with Crippen molar-refractivity contribution < 1.29 is 18.1 Å². The lowest BCUT2D eigenvalue weighted by Gasteiger charge is -2.10. The maximum Gasteiger partial charge on any atom is 0.270 e. The van der Waals surface area contributed by atoms with Crippen LogP contribution in [0.2, 0.25) is 5.02 Å². The molecule has 8 nitrogen and oxygen atoms in total. The Labute approximate surface area is 206 Å². The second-order valence-corrected chi connectivity index (χ2v) is 9.54. The third kappa shape index (κ3) is 5.65. The molecule has 10 heteroatoms. The minimum atomic E-state index is -3.68. The summed E-state index contributed by atoms with van der Waals surface area (Å²) in [5.74, 6) is -0.568. The van der Waals surface area contributed by atoms with Gasteiger partial charge in [-0.3, -0.25) is 19.6 Å². The number of hydrogen-bond donors (Lipinski definition) is 2. The molecule has 0 heterocycles. The fraction of sp³-hybridized carbons (Fsp3) is 0. The van der Waals surface area contributed by atoms with Gasteiger partial charge in [-0.1, -0.05) is 54.1 Å². The van der Waals surface area contributed by atoms with Gasteiger partial charge in [0.2, 0.25) is 0 Å². The molecule has 0 fully saturated rings. The molecule has 0 aliphatic heterocycles. The summed E-state index contributed by atoms with van der Waals surface area (Å²) in [6, 6.07) is 25.6. The van der Waals surface area contributed by atoms with E-state index in [1.807, 2.05) is 0 Å². The minimum Gasteiger partial charge on any atom is -0.322 e. The summed E-state index contributed by atoms with van der Waals surface area (Å²) in [4.78, 5) is 23.1. The predicted molar refractivity (Wildman–Crippen MR) is 135 cm³/mol. The van der Waals surface area contributed by atoms with Gasteiger partial charge in [-0.2, -0.15) is 0 Å². The number of carbonyl (C=O) groups is 1. The van der Waals surface area contributed by atoms with E-state index in [1.165, 1.54) is 24.3 Å². The number of nitrogens with one attached hydrogen (secondary N) is 2. The lowest BCUT2D eigenvalue weighted by molar-refractivity contribution is -0.384. The number of amides is 1. The van der Waals surface area contributed by atoms with E-state index in [1.54, 1.807) is 66.7 Å². The molecule has 0 unspecified atom stereocenters. The number of halogens is 1. The van der Waals surface area contributed by atoms with E-state index in [2.05, 4.69) is 10.0 Å². The van der Waals surface area contributed by atoms with Crippen molar-refractivity contribution in [1.82, 2.24) is 0 Å². The van der Waals surface area contributed by atoms with Crippen LogP contribution in [0.25, 0.3) is 11.1 Å². The fourth-order valence-electron chi connectivity index (χ4n) is 3.29. The first-order valence-electron chi connectivity index (χ1n) is 10.3. The summed E-state index contributed by atoms with van der Waals surface area (Å²) in [5.41, 5.74) is 2.35. The summed E-state index contributed by atoms with van der Waals surface area (Å²) in [6.07, 6.45) is 0. The number of nitro groups is 1. The molecule has 0 radical (unpaired) electrons. The number of anilines is 2. The van der Waals surface area contributed by atoms with Crippen molar-refractivity contribution in [3.63, 3.8) is 0 Å². The third-order valence-corrected chi connectivity index (χ3v) is 6.80. The summed E-state index contributed by atoms with van der Waals surface area (Å²) in [6.45, 7) is 0. The molecule has 0 saturated carbocycles. The van der Waals surface area contributed by atoms with Crippen LogP contribution in [0.15, 0.2) is 102 Å². The zero-order valence-electron chi connectivity index (χ0n) is 18.0. The van der Waals surface area contributed by atoms with Gasteiger partial charge in [0.05, 0.1) is 20.4 Å². The molecule has 0 aromatic heterocycles. The van der Waals surface area contributed by atoms with Crippen molar-refractivity contribution in [3.8, 4) is 11.1 Å². The molecule has 0 spiro atoms. The highest BCUT2D eigenvalue weighted by Crippen LogP contribution is 2.26. The second kappa shape index (κ2) is 9.96. The van der Waals surface area contributed by atoms with Crippen molar-refractivity contribution in [1.29, 1.82) is 0 Å². The van der Waals surface area contributed by atoms with Crippen LogP contribution in [0.4, 0.5) is 17.1 Å². The SMILES string of the molecule is O=C(Nc1ccc(-c2ccc(NS(=O)(=O)c3ccccc3)cc2)cc1)c1cc([N+](=O)[O-])ccc1Cl. The molecule has 0 aliphatic carbocycles. The Morgan fingerprint density at radius 1 is 0.800 bits per heavy atom. The van der Waals surface area contributed by atoms with Crippen molar-refractivity contribution in [2.24, 2.45) is 0 Å². The zero-order chi connectivity index (χ0) is 25.0. The van der Waals surface area contributed by atoms with E-state index in [-0.39, 0.29) is 21.2 Å². The Morgan fingerprint density at radius 2 is 1.37 bits per heavy atom. The van der Waals surface area contributed by atoms with E-state index in [9.17, 15) is 23.3 Å². The highest BCUT2D eigenvalue weighted by Gasteiger charge is 2.16. The van der Waals surface area contributed by atoms with Crippen molar-refractivity contribution >= 4 is 44.6 Å².